The summed E-state index contributed by atoms with van der Waals surface area (Å²) in [4.78, 5) is 26.0. The van der Waals surface area contributed by atoms with E-state index in [2.05, 4.69) is 5.32 Å². The largest absolute Gasteiger partial charge is 0.497 e. The molecule has 7 heteroatoms. The molecule has 0 aromatic heterocycles. The van der Waals surface area contributed by atoms with Gasteiger partial charge in [-0.2, -0.15) is 0 Å². The normalized spacial score (nSPS) is 14.4. The molecular weight excluding hydrogens is 372 g/mol. The summed E-state index contributed by atoms with van der Waals surface area (Å²) in [6.45, 7) is 2.45. The Morgan fingerprint density at radius 1 is 1.14 bits per heavy atom. The van der Waals surface area contributed by atoms with Gasteiger partial charge in [0, 0.05) is 30.3 Å². The second kappa shape index (κ2) is 9.32. The van der Waals surface area contributed by atoms with Crippen molar-refractivity contribution in [3.05, 3.63) is 48.0 Å². The lowest BCUT2D eigenvalue weighted by Crippen LogP contribution is -2.31. The Hall–Kier alpha value is -3.22. The zero-order valence-corrected chi connectivity index (χ0v) is 16.9. The molecule has 0 radical (unpaired) electrons. The van der Waals surface area contributed by atoms with E-state index >= 15 is 0 Å². The van der Waals surface area contributed by atoms with E-state index in [0.717, 1.165) is 17.7 Å². The zero-order valence-electron chi connectivity index (χ0n) is 16.9. The van der Waals surface area contributed by atoms with Gasteiger partial charge >= 0.3 is 0 Å². The molecule has 1 unspecified atom stereocenters. The molecule has 7 nitrogen and oxygen atoms in total. The summed E-state index contributed by atoms with van der Waals surface area (Å²) in [6, 6.07) is 12.4. The first-order chi connectivity index (χ1) is 14.0. The number of methoxy groups -OCH3 is 2. The third-order valence-electron chi connectivity index (χ3n) is 4.85. The zero-order chi connectivity index (χ0) is 20.8. The fraction of sp³-hybridized carbons (Fsp3) is 0.364. The average molecular weight is 398 g/mol. The Balaban J connectivity index is 1.60. The van der Waals surface area contributed by atoms with Crippen LogP contribution in [0.2, 0.25) is 0 Å². The number of carbonyl (C=O) groups excluding carboxylic acids is 2. The molecular formula is C22H26N2O5. The number of ether oxygens (including phenoxy) is 3. The molecule has 2 amide bonds. The van der Waals surface area contributed by atoms with Crippen LogP contribution >= 0.6 is 0 Å². The van der Waals surface area contributed by atoms with Gasteiger partial charge in [-0.3, -0.25) is 9.59 Å². The van der Waals surface area contributed by atoms with Crippen molar-refractivity contribution in [2.45, 2.75) is 25.8 Å². The van der Waals surface area contributed by atoms with Crippen LogP contribution in [-0.4, -0.2) is 39.2 Å². The molecule has 0 saturated carbocycles. The minimum Gasteiger partial charge on any atom is -0.497 e. The molecule has 29 heavy (non-hydrogen) atoms. The summed E-state index contributed by atoms with van der Waals surface area (Å²) in [6.07, 6.45) is 1.43. The maximum atomic E-state index is 12.4. The number of hydrogen-bond donors (Lipinski definition) is 1. The molecule has 3 rings (SSSR count). The third-order valence-corrected chi connectivity index (χ3v) is 4.85. The molecule has 1 N–H and O–H groups in total. The van der Waals surface area contributed by atoms with E-state index in [0.29, 0.717) is 30.2 Å². The molecule has 1 aliphatic heterocycles. The number of anilines is 1. The van der Waals surface area contributed by atoms with E-state index in [4.69, 9.17) is 14.2 Å². The number of hydrogen-bond acceptors (Lipinski definition) is 5. The number of rotatable bonds is 8. The van der Waals surface area contributed by atoms with E-state index in [1.807, 2.05) is 25.1 Å². The van der Waals surface area contributed by atoms with Crippen LogP contribution in [0.15, 0.2) is 42.5 Å². The summed E-state index contributed by atoms with van der Waals surface area (Å²) in [5.41, 5.74) is 1.61. The van der Waals surface area contributed by atoms with Crippen LogP contribution in [0.3, 0.4) is 0 Å². The minimum absolute atomic E-state index is 0.112. The molecule has 1 saturated heterocycles. The highest BCUT2D eigenvalue weighted by Crippen LogP contribution is 2.29. The summed E-state index contributed by atoms with van der Waals surface area (Å²) in [5, 5.41) is 2.91. The lowest BCUT2D eigenvalue weighted by molar-refractivity contribution is -0.123. The molecule has 154 valence electrons. The van der Waals surface area contributed by atoms with Gasteiger partial charge in [0.2, 0.25) is 5.91 Å². The van der Waals surface area contributed by atoms with Gasteiger partial charge in [0.15, 0.2) is 6.61 Å². The highest BCUT2D eigenvalue weighted by Gasteiger charge is 2.22. The first-order valence-electron chi connectivity index (χ1n) is 9.56. The van der Waals surface area contributed by atoms with Gasteiger partial charge in [-0.25, -0.2) is 0 Å². The monoisotopic (exact) mass is 398 g/mol. The predicted molar refractivity (Wildman–Crippen MR) is 110 cm³/mol. The molecule has 0 aliphatic carbocycles. The summed E-state index contributed by atoms with van der Waals surface area (Å²) in [7, 11) is 3.17. The lowest BCUT2D eigenvalue weighted by atomic mass is 10.1. The number of benzene rings is 2. The Bertz CT molecular complexity index is 883. The second-order valence-corrected chi connectivity index (χ2v) is 6.83. The van der Waals surface area contributed by atoms with Crippen LogP contribution in [0.4, 0.5) is 5.69 Å². The summed E-state index contributed by atoms with van der Waals surface area (Å²) in [5.74, 6) is 1.75. The number of nitrogens with zero attached hydrogens (tertiary/aromatic N) is 1. The Morgan fingerprint density at radius 2 is 1.97 bits per heavy atom. The van der Waals surface area contributed by atoms with Crippen molar-refractivity contribution in [1.29, 1.82) is 0 Å². The van der Waals surface area contributed by atoms with E-state index in [1.165, 1.54) is 0 Å². The fourth-order valence-corrected chi connectivity index (χ4v) is 3.35. The van der Waals surface area contributed by atoms with Crippen molar-refractivity contribution in [1.82, 2.24) is 5.32 Å². The van der Waals surface area contributed by atoms with Crippen LogP contribution < -0.4 is 24.4 Å². The minimum atomic E-state index is -0.287. The van der Waals surface area contributed by atoms with Crippen LogP contribution in [0.1, 0.15) is 31.4 Å². The molecule has 1 aliphatic rings. The predicted octanol–water partition coefficient (Wildman–Crippen LogP) is 3.09. The van der Waals surface area contributed by atoms with Crippen LogP contribution in [-0.2, 0) is 9.59 Å². The fourth-order valence-electron chi connectivity index (χ4n) is 3.35. The highest BCUT2D eigenvalue weighted by molar-refractivity contribution is 5.95. The number of carbonyl (C=O) groups is 2. The molecule has 1 atom stereocenters. The Morgan fingerprint density at radius 3 is 2.66 bits per heavy atom. The van der Waals surface area contributed by atoms with Gasteiger partial charge in [-0.1, -0.05) is 6.07 Å². The quantitative estimate of drug-likeness (QED) is 0.739. The average Bonchev–Trinajstić information content (AvgIpc) is 3.17. The van der Waals surface area contributed by atoms with Gasteiger partial charge in [0.25, 0.3) is 5.91 Å². The van der Waals surface area contributed by atoms with Crippen molar-refractivity contribution in [3.8, 4) is 17.2 Å². The van der Waals surface area contributed by atoms with Gasteiger partial charge < -0.3 is 24.4 Å². The second-order valence-electron chi connectivity index (χ2n) is 6.83. The van der Waals surface area contributed by atoms with Crippen molar-refractivity contribution < 1.29 is 23.8 Å². The molecule has 2 aromatic carbocycles. The standard InChI is InChI=1S/C22H26N2O5/c1-15(19-13-17(27-2)9-10-20(19)28-3)23-21(25)14-29-18-7-4-6-16(12-18)24-11-5-8-22(24)26/h4,6-7,9-10,12-13,15H,5,8,11,14H2,1-3H3,(H,23,25). The highest BCUT2D eigenvalue weighted by atomic mass is 16.5. The number of nitrogens with one attached hydrogen (secondary N) is 1. The van der Waals surface area contributed by atoms with Gasteiger partial charge in [-0.15, -0.1) is 0 Å². The Labute approximate surface area is 170 Å². The van der Waals surface area contributed by atoms with E-state index in [1.54, 1.807) is 43.4 Å². The first-order valence-corrected chi connectivity index (χ1v) is 9.56. The van der Waals surface area contributed by atoms with Crippen molar-refractivity contribution >= 4 is 17.5 Å². The molecule has 0 spiro atoms. The number of amides is 2. The van der Waals surface area contributed by atoms with Crippen LogP contribution in [0, 0.1) is 0 Å². The molecule has 0 bridgehead atoms. The van der Waals surface area contributed by atoms with Gasteiger partial charge in [0.05, 0.1) is 20.3 Å². The summed E-state index contributed by atoms with van der Waals surface area (Å²) < 4.78 is 16.3. The van der Waals surface area contributed by atoms with E-state index < -0.39 is 0 Å². The molecule has 2 aromatic rings. The maximum absolute atomic E-state index is 12.4. The van der Waals surface area contributed by atoms with Crippen molar-refractivity contribution in [3.63, 3.8) is 0 Å². The smallest absolute Gasteiger partial charge is 0.258 e. The SMILES string of the molecule is COc1ccc(OC)c(C(C)NC(=O)COc2cccc(N3CCCC3=O)c2)c1. The molecule has 1 fully saturated rings. The Kier molecular flexibility index (Phi) is 6.59. The lowest BCUT2D eigenvalue weighted by Gasteiger charge is -2.19. The third kappa shape index (κ3) is 4.99. The van der Waals surface area contributed by atoms with E-state index in [9.17, 15) is 9.59 Å². The first kappa shape index (κ1) is 20.5. The topological polar surface area (TPSA) is 77.1 Å². The van der Waals surface area contributed by atoms with Gasteiger partial charge in [0.1, 0.15) is 17.2 Å². The van der Waals surface area contributed by atoms with Crippen LogP contribution in [0.25, 0.3) is 0 Å². The van der Waals surface area contributed by atoms with Crippen molar-refractivity contribution in [2.75, 3.05) is 32.3 Å². The van der Waals surface area contributed by atoms with Gasteiger partial charge in [-0.05, 0) is 43.7 Å². The molecule has 1 heterocycles. The van der Waals surface area contributed by atoms with E-state index in [-0.39, 0.29) is 24.5 Å². The maximum Gasteiger partial charge on any atom is 0.258 e. The van der Waals surface area contributed by atoms with Crippen molar-refractivity contribution in [2.24, 2.45) is 0 Å². The summed E-state index contributed by atoms with van der Waals surface area (Å²) >= 11 is 0. The van der Waals surface area contributed by atoms with Crippen LogP contribution in [0.5, 0.6) is 17.2 Å².